The maximum atomic E-state index is 14.2. The minimum Gasteiger partial charge on any atom is -0.497 e. The number of fused-ring (bicyclic) bond motifs is 1. The van der Waals surface area contributed by atoms with E-state index in [2.05, 4.69) is 0 Å². The lowest BCUT2D eigenvalue weighted by Gasteiger charge is -2.48. The van der Waals surface area contributed by atoms with E-state index in [0.29, 0.717) is 40.7 Å². The fraction of sp³-hybridized carbons (Fsp3) is 0.238. The van der Waals surface area contributed by atoms with E-state index in [1.54, 1.807) is 87.0 Å². The summed E-state index contributed by atoms with van der Waals surface area (Å²) in [6.07, 6.45) is -3.79. The van der Waals surface area contributed by atoms with Crippen LogP contribution in [0.25, 0.3) is 0 Å². The van der Waals surface area contributed by atoms with Crippen molar-refractivity contribution in [1.82, 2.24) is 4.90 Å². The Morgan fingerprint density at radius 3 is 1.58 bits per heavy atom. The number of methoxy groups -OCH3 is 2. The van der Waals surface area contributed by atoms with E-state index in [1.807, 2.05) is 60.7 Å². The molecule has 0 radical (unpaired) electrons. The summed E-state index contributed by atoms with van der Waals surface area (Å²) in [6, 6.07) is 39.3. The van der Waals surface area contributed by atoms with Crippen molar-refractivity contribution in [2.75, 3.05) is 20.8 Å². The van der Waals surface area contributed by atoms with Gasteiger partial charge in [-0.2, -0.15) is 0 Å². The number of benzene rings is 5. The van der Waals surface area contributed by atoms with E-state index >= 15 is 0 Å². The molecule has 0 saturated carbocycles. The van der Waals surface area contributed by atoms with Crippen LogP contribution in [0.2, 0.25) is 0 Å². The smallest absolute Gasteiger partial charge is 0.262 e. The van der Waals surface area contributed by atoms with Crippen LogP contribution >= 0.6 is 0 Å². The zero-order valence-electron chi connectivity index (χ0n) is 28.8. The molecule has 5 aromatic rings. The molecule has 10 heteroatoms. The van der Waals surface area contributed by atoms with E-state index in [4.69, 9.17) is 33.2 Å². The van der Waals surface area contributed by atoms with Crippen molar-refractivity contribution in [3.8, 4) is 23.0 Å². The Morgan fingerprint density at radius 2 is 1.04 bits per heavy atom. The number of hydrogen-bond acceptors (Lipinski definition) is 9. The molecule has 0 aliphatic carbocycles. The third-order valence-electron chi connectivity index (χ3n) is 9.06. The summed E-state index contributed by atoms with van der Waals surface area (Å²) in [6.45, 7) is 0.552. The summed E-state index contributed by atoms with van der Waals surface area (Å²) in [5, 5.41) is 0. The van der Waals surface area contributed by atoms with E-state index in [0.717, 1.165) is 11.1 Å². The number of rotatable bonds is 14. The normalized spacial score (nSPS) is 21.0. The van der Waals surface area contributed by atoms with Gasteiger partial charge in [-0.15, -0.1) is 0 Å². The minimum atomic E-state index is -1.18. The van der Waals surface area contributed by atoms with Crippen LogP contribution in [0.5, 0.6) is 23.0 Å². The zero-order valence-corrected chi connectivity index (χ0v) is 28.8. The number of amides is 2. The average Bonchev–Trinajstić information content (AvgIpc) is 3.44. The summed E-state index contributed by atoms with van der Waals surface area (Å²) in [7, 11) is 3.17. The molecule has 0 bridgehead atoms. The third kappa shape index (κ3) is 7.64. The average molecular weight is 702 g/mol. The summed E-state index contributed by atoms with van der Waals surface area (Å²) >= 11 is 0. The Labute approximate surface area is 302 Å². The Balaban J connectivity index is 1.30. The maximum absolute atomic E-state index is 14.2. The second-order valence-electron chi connectivity index (χ2n) is 12.4. The molecule has 7 rings (SSSR count). The van der Waals surface area contributed by atoms with Crippen molar-refractivity contribution in [2.24, 2.45) is 0 Å². The first-order chi connectivity index (χ1) is 25.5. The van der Waals surface area contributed by atoms with Gasteiger partial charge in [0, 0.05) is 0 Å². The van der Waals surface area contributed by atoms with Gasteiger partial charge in [0.05, 0.1) is 45.2 Å². The fourth-order valence-electron chi connectivity index (χ4n) is 6.44. The predicted octanol–water partition coefficient (Wildman–Crippen LogP) is 6.72. The van der Waals surface area contributed by atoms with Gasteiger partial charge in [-0.1, -0.05) is 72.8 Å². The quantitative estimate of drug-likeness (QED) is 0.117. The Bertz CT molecular complexity index is 1900. The summed E-state index contributed by atoms with van der Waals surface area (Å²) < 4.78 is 43.8. The number of hydrogen-bond donors (Lipinski definition) is 0. The molecule has 2 amide bonds. The molecule has 2 aliphatic heterocycles. The number of imide groups is 1. The predicted molar refractivity (Wildman–Crippen MR) is 192 cm³/mol. The highest BCUT2D eigenvalue weighted by molar-refractivity contribution is 6.21. The minimum absolute atomic E-state index is 0.0816. The van der Waals surface area contributed by atoms with Gasteiger partial charge in [0.2, 0.25) is 6.29 Å². The second-order valence-corrected chi connectivity index (χ2v) is 12.4. The standard InChI is InChI=1S/C42H39NO9/c1-46-30-17-21-32(22-18-30)50-38-36(27-48-25-28-11-5-3-6-12-28)52-42(51-33-23-19-31(47-2)20-24-33)37(39(38)49-26-29-13-7-4-8-14-29)43-40(44)34-15-9-10-16-35(34)41(43)45/h3-24,36-39,42H,25-27H2,1-2H3/t36-,37-,38-,39-,42-/m1/s1. The van der Waals surface area contributed by atoms with Crippen molar-refractivity contribution in [3.63, 3.8) is 0 Å². The van der Waals surface area contributed by atoms with Crippen molar-refractivity contribution >= 4 is 11.8 Å². The van der Waals surface area contributed by atoms with Crippen LogP contribution in [-0.4, -0.2) is 68.2 Å². The first kappa shape index (κ1) is 34.8. The van der Waals surface area contributed by atoms with Crippen molar-refractivity contribution in [1.29, 1.82) is 0 Å². The van der Waals surface area contributed by atoms with Gasteiger partial charge in [0.15, 0.2) is 6.10 Å². The molecule has 2 aliphatic rings. The SMILES string of the molecule is COc1ccc(O[C@@H]2O[C@H](COCc3ccccc3)[C@@H](Oc3ccc(OC)cc3)[C@H](OCc3ccccc3)[C@H]2N2C(=O)c3ccccc3C2=O)cc1. The highest BCUT2D eigenvalue weighted by Gasteiger charge is 2.56. The summed E-state index contributed by atoms with van der Waals surface area (Å²) in [5.74, 6) is 1.28. The molecule has 266 valence electrons. The topological polar surface area (TPSA) is 102 Å². The second kappa shape index (κ2) is 16.1. The molecule has 52 heavy (non-hydrogen) atoms. The van der Waals surface area contributed by atoms with E-state index in [9.17, 15) is 9.59 Å². The van der Waals surface area contributed by atoms with Crippen LogP contribution in [0.1, 0.15) is 31.8 Å². The molecule has 0 unspecified atom stereocenters. The molecule has 5 atom stereocenters. The number of carbonyl (C=O) groups excluding carboxylic acids is 2. The molecule has 1 fully saturated rings. The summed E-state index contributed by atoms with van der Waals surface area (Å²) in [5.41, 5.74) is 2.46. The zero-order chi connectivity index (χ0) is 35.9. The fourth-order valence-corrected chi connectivity index (χ4v) is 6.44. The van der Waals surface area contributed by atoms with Crippen LogP contribution in [0.3, 0.4) is 0 Å². The van der Waals surface area contributed by atoms with Gasteiger partial charge in [-0.3, -0.25) is 14.5 Å². The Hall–Kier alpha value is -5.68. The first-order valence-corrected chi connectivity index (χ1v) is 17.0. The molecule has 0 N–H and O–H groups in total. The lowest BCUT2D eigenvalue weighted by molar-refractivity contribution is -0.262. The lowest BCUT2D eigenvalue weighted by Crippen LogP contribution is -2.68. The molecular formula is C42H39NO9. The van der Waals surface area contributed by atoms with Crippen LogP contribution in [0.4, 0.5) is 0 Å². The largest absolute Gasteiger partial charge is 0.497 e. The highest BCUT2D eigenvalue weighted by atomic mass is 16.7. The monoisotopic (exact) mass is 701 g/mol. The highest BCUT2D eigenvalue weighted by Crippen LogP contribution is 2.37. The number of carbonyl (C=O) groups is 2. The molecule has 10 nitrogen and oxygen atoms in total. The van der Waals surface area contributed by atoms with Crippen LogP contribution in [0.15, 0.2) is 133 Å². The molecule has 2 heterocycles. The Morgan fingerprint density at radius 1 is 0.558 bits per heavy atom. The molecule has 0 aromatic heterocycles. The van der Waals surface area contributed by atoms with Gasteiger partial charge < -0.3 is 33.2 Å². The van der Waals surface area contributed by atoms with Gasteiger partial charge in [-0.05, 0) is 71.8 Å². The van der Waals surface area contributed by atoms with Crippen molar-refractivity contribution < 1.29 is 42.7 Å². The van der Waals surface area contributed by atoms with Gasteiger partial charge >= 0.3 is 0 Å². The van der Waals surface area contributed by atoms with Crippen molar-refractivity contribution in [2.45, 2.75) is 43.9 Å². The molecule has 1 saturated heterocycles. The molecular weight excluding hydrogens is 662 g/mol. The van der Waals surface area contributed by atoms with E-state index in [1.165, 1.54) is 4.90 Å². The lowest BCUT2D eigenvalue weighted by atomic mass is 9.94. The van der Waals surface area contributed by atoms with E-state index in [-0.39, 0.29) is 13.2 Å². The maximum Gasteiger partial charge on any atom is 0.262 e. The van der Waals surface area contributed by atoms with Crippen LogP contribution in [0, 0.1) is 0 Å². The number of nitrogens with zero attached hydrogens (tertiary/aromatic N) is 1. The van der Waals surface area contributed by atoms with Gasteiger partial charge in [0.1, 0.15) is 41.2 Å². The van der Waals surface area contributed by atoms with Crippen LogP contribution < -0.4 is 18.9 Å². The summed E-state index contributed by atoms with van der Waals surface area (Å²) in [4.78, 5) is 29.6. The molecule has 5 aromatic carbocycles. The van der Waals surface area contributed by atoms with Gasteiger partial charge in [-0.25, -0.2) is 0 Å². The molecule has 0 spiro atoms. The number of ether oxygens (including phenoxy) is 7. The van der Waals surface area contributed by atoms with Crippen LogP contribution in [-0.2, 0) is 27.4 Å². The van der Waals surface area contributed by atoms with Gasteiger partial charge in [0.25, 0.3) is 11.8 Å². The third-order valence-corrected chi connectivity index (χ3v) is 9.06. The van der Waals surface area contributed by atoms with Crippen molar-refractivity contribution in [3.05, 3.63) is 156 Å². The van der Waals surface area contributed by atoms with E-state index < -0.39 is 42.5 Å². The Kier molecular flexibility index (Phi) is 10.8. The first-order valence-electron chi connectivity index (χ1n) is 17.0.